The maximum absolute atomic E-state index is 12.7. The molecule has 0 atom stereocenters. The molecule has 0 unspecified atom stereocenters. The summed E-state index contributed by atoms with van der Waals surface area (Å²) in [7, 11) is 0. The Labute approximate surface area is 179 Å². The van der Waals surface area contributed by atoms with Gasteiger partial charge in [-0.15, -0.1) is 10.2 Å². The molecular weight excluding hydrogens is 406 g/mol. The van der Waals surface area contributed by atoms with Crippen LogP contribution in [0.3, 0.4) is 0 Å². The third kappa shape index (κ3) is 4.57. The summed E-state index contributed by atoms with van der Waals surface area (Å²) in [6.45, 7) is 5.12. The number of halogens is 1. The molecule has 2 heterocycles. The minimum absolute atomic E-state index is 0.124. The Hall–Kier alpha value is -2.51. The number of aryl methyl sites for hydroxylation is 1. The fraction of sp³-hybridized carbons (Fsp3) is 0.286. The van der Waals surface area contributed by atoms with Crippen molar-refractivity contribution < 1.29 is 4.79 Å². The molecule has 0 spiro atoms. The Bertz CT molecular complexity index is 986. The van der Waals surface area contributed by atoms with Gasteiger partial charge in [-0.25, -0.2) is 0 Å². The van der Waals surface area contributed by atoms with E-state index in [4.69, 9.17) is 11.6 Å². The standard InChI is InChI=1S/C21H22ClN5OS/c1-16-7-8-18(13-19(16)22)27-15-23-24-21(27)29-14-20(28)26-11-9-25(10-12-26)17-5-3-2-4-6-17/h2-8,13,15H,9-12,14H2,1H3. The highest BCUT2D eigenvalue weighted by Crippen LogP contribution is 2.24. The number of aromatic nitrogens is 3. The van der Waals surface area contributed by atoms with Crippen molar-refractivity contribution in [3.05, 3.63) is 65.4 Å². The number of carbonyl (C=O) groups is 1. The fourth-order valence-electron chi connectivity index (χ4n) is 3.30. The minimum Gasteiger partial charge on any atom is -0.368 e. The Morgan fingerprint density at radius 2 is 1.83 bits per heavy atom. The highest BCUT2D eigenvalue weighted by atomic mass is 35.5. The first kappa shape index (κ1) is 19.8. The molecule has 1 aromatic heterocycles. The van der Waals surface area contributed by atoms with Crippen molar-refractivity contribution in [2.24, 2.45) is 0 Å². The SMILES string of the molecule is Cc1ccc(-n2cnnc2SCC(=O)N2CCN(c3ccccc3)CC2)cc1Cl. The van der Waals surface area contributed by atoms with Crippen LogP contribution in [-0.4, -0.2) is 57.5 Å². The van der Waals surface area contributed by atoms with Crippen LogP contribution in [0.4, 0.5) is 5.69 Å². The van der Waals surface area contributed by atoms with E-state index in [0.29, 0.717) is 15.9 Å². The van der Waals surface area contributed by atoms with Crippen LogP contribution in [0.2, 0.25) is 5.02 Å². The molecule has 1 fully saturated rings. The second kappa shape index (κ2) is 8.88. The molecule has 2 aromatic carbocycles. The largest absolute Gasteiger partial charge is 0.368 e. The van der Waals surface area contributed by atoms with Gasteiger partial charge in [-0.05, 0) is 36.8 Å². The maximum atomic E-state index is 12.7. The average Bonchev–Trinajstić information content (AvgIpc) is 3.23. The van der Waals surface area contributed by atoms with Crippen LogP contribution in [0.15, 0.2) is 60.0 Å². The van der Waals surface area contributed by atoms with Gasteiger partial charge in [0.05, 0.1) is 11.4 Å². The summed E-state index contributed by atoms with van der Waals surface area (Å²) in [5.74, 6) is 0.461. The molecule has 29 heavy (non-hydrogen) atoms. The smallest absolute Gasteiger partial charge is 0.233 e. The summed E-state index contributed by atoms with van der Waals surface area (Å²) in [6, 6.07) is 16.1. The first-order valence-corrected chi connectivity index (χ1v) is 10.9. The number of anilines is 1. The zero-order chi connectivity index (χ0) is 20.2. The van der Waals surface area contributed by atoms with Gasteiger partial charge in [-0.3, -0.25) is 9.36 Å². The topological polar surface area (TPSA) is 54.3 Å². The van der Waals surface area contributed by atoms with Crippen LogP contribution in [-0.2, 0) is 4.79 Å². The lowest BCUT2D eigenvalue weighted by Crippen LogP contribution is -2.49. The lowest BCUT2D eigenvalue weighted by Gasteiger charge is -2.36. The molecule has 8 heteroatoms. The number of hydrogen-bond donors (Lipinski definition) is 0. The van der Waals surface area contributed by atoms with Crippen LogP contribution in [0, 0.1) is 6.92 Å². The first-order chi connectivity index (χ1) is 14.1. The highest BCUT2D eigenvalue weighted by molar-refractivity contribution is 7.99. The number of amides is 1. The normalized spacial score (nSPS) is 14.3. The van der Waals surface area contributed by atoms with Crippen LogP contribution in [0.5, 0.6) is 0 Å². The quantitative estimate of drug-likeness (QED) is 0.581. The van der Waals surface area contributed by atoms with E-state index in [9.17, 15) is 4.79 Å². The number of nitrogens with zero attached hydrogens (tertiary/aromatic N) is 5. The molecule has 0 aliphatic carbocycles. The molecule has 0 saturated carbocycles. The number of carbonyl (C=O) groups excluding carboxylic acids is 1. The van der Waals surface area contributed by atoms with Crippen molar-refractivity contribution in [1.82, 2.24) is 19.7 Å². The zero-order valence-corrected chi connectivity index (χ0v) is 17.7. The Morgan fingerprint density at radius 1 is 1.07 bits per heavy atom. The molecule has 4 rings (SSSR count). The Balaban J connectivity index is 1.34. The lowest BCUT2D eigenvalue weighted by atomic mass is 10.2. The predicted octanol–water partition coefficient (Wildman–Crippen LogP) is 3.67. The monoisotopic (exact) mass is 427 g/mol. The molecule has 150 valence electrons. The van der Waals surface area contributed by atoms with Crippen LogP contribution in [0.1, 0.15) is 5.56 Å². The van der Waals surface area contributed by atoms with Crippen LogP contribution < -0.4 is 4.90 Å². The second-order valence-electron chi connectivity index (χ2n) is 6.91. The van der Waals surface area contributed by atoms with Crippen LogP contribution in [0.25, 0.3) is 5.69 Å². The number of para-hydroxylation sites is 1. The van der Waals surface area contributed by atoms with Gasteiger partial charge in [0.2, 0.25) is 5.91 Å². The lowest BCUT2D eigenvalue weighted by molar-refractivity contribution is -0.128. The fourth-order valence-corrected chi connectivity index (χ4v) is 4.31. The number of rotatable bonds is 5. The van der Waals surface area contributed by atoms with Gasteiger partial charge in [0.1, 0.15) is 6.33 Å². The van der Waals surface area contributed by atoms with Gasteiger partial charge in [-0.2, -0.15) is 0 Å². The van der Waals surface area contributed by atoms with Crippen molar-refractivity contribution in [3.63, 3.8) is 0 Å². The third-order valence-corrected chi connectivity index (χ3v) is 6.36. The van der Waals surface area contributed by atoms with Crippen molar-refractivity contribution in [2.45, 2.75) is 12.1 Å². The van der Waals surface area contributed by atoms with Gasteiger partial charge in [0, 0.05) is 36.9 Å². The van der Waals surface area contributed by atoms with Crippen molar-refractivity contribution in [1.29, 1.82) is 0 Å². The second-order valence-corrected chi connectivity index (χ2v) is 8.26. The maximum Gasteiger partial charge on any atom is 0.233 e. The van der Waals surface area contributed by atoms with Crippen molar-refractivity contribution >= 4 is 35.0 Å². The number of hydrogen-bond acceptors (Lipinski definition) is 5. The molecule has 0 bridgehead atoms. The summed E-state index contributed by atoms with van der Waals surface area (Å²) < 4.78 is 1.86. The summed E-state index contributed by atoms with van der Waals surface area (Å²) in [5.41, 5.74) is 3.11. The van der Waals surface area contributed by atoms with E-state index in [1.54, 1.807) is 6.33 Å². The van der Waals surface area contributed by atoms with E-state index in [2.05, 4.69) is 27.2 Å². The van der Waals surface area contributed by atoms with Gasteiger partial charge in [-0.1, -0.05) is 47.6 Å². The predicted molar refractivity (Wildman–Crippen MR) is 117 cm³/mol. The summed E-state index contributed by atoms with van der Waals surface area (Å²) in [5, 5.41) is 9.55. The first-order valence-electron chi connectivity index (χ1n) is 9.49. The average molecular weight is 428 g/mol. The Kier molecular flexibility index (Phi) is 6.06. The van der Waals surface area contributed by atoms with E-state index in [0.717, 1.165) is 37.4 Å². The number of piperazine rings is 1. The summed E-state index contributed by atoms with van der Waals surface area (Å²) in [4.78, 5) is 16.9. The molecule has 1 amide bonds. The molecular formula is C21H22ClN5OS. The van der Waals surface area contributed by atoms with Crippen molar-refractivity contribution in [3.8, 4) is 5.69 Å². The van der Waals surface area contributed by atoms with E-state index >= 15 is 0 Å². The molecule has 1 aliphatic rings. The number of benzene rings is 2. The van der Waals surface area contributed by atoms with Crippen molar-refractivity contribution in [2.75, 3.05) is 36.8 Å². The van der Waals surface area contributed by atoms with E-state index < -0.39 is 0 Å². The third-order valence-electron chi connectivity index (χ3n) is 5.03. The van der Waals surface area contributed by atoms with E-state index in [1.807, 2.05) is 52.8 Å². The minimum atomic E-state index is 0.124. The summed E-state index contributed by atoms with van der Waals surface area (Å²) in [6.07, 6.45) is 1.65. The van der Waals surface area contributed by atoms with E-state index in [1.165, 1.54) is 17.4 Å². The molecule has 0 N–H and O–H groups in total. The van der Waals surface area contributed by atoms with Gasteiger partial charge in [0.15, 0.2) is 5.16 Å². The van der Waals surface area contributed by atoms with Gasteiger partial charge < -0.3 is 9.80 Å². The van der Waals surface area contributed by atoms with Gasteiger partial charge in [0.25, 0.3) is 0 Å². The highest BCUT2D eigenvalue weighted by Gasteiger charge is 2.22. The zero-order valence-electron chi connectivity index (χ0n) is 16.2. The Morgan fingerprint density at radius 3 is 2.55 bits per heavy atom. The van der Waals surface area contributed by atoms with Gasteiger partial charge >= 0.3 is 0 Å². The molecule has 1 aliphatic heterocycles. The van der Waals surface area contributed by atoms with E-state index in [-0.39, 0.29) is 5.91 Å². The molecule has 0 radical (unpaired) electrons. The molecule has 3 aromatic rings. The number of thioether (sulfide) groups is 1. The molecule has 1 saturated heterocycles. The van der Waals surface area contributed by atoms with Crippen LogP contribution >= 0.6 is 23.4 Å². The summed E-state index contributed by atoms with van der Waals surface area (Å²) >= 11 is 7.64. The molecule has 6 nitrogen and oxygen atoms in total.